The molecule has 0 atom stereocenters. The van der Waals surface area contributed by atoms with Crippen molar-refractivity contribution in [3.8, 4) is 5.88 Å². The molecule has 2 nitrogen and oxygen atoms in total. The zero-order valence-electron chi connectivity index (χ0n) is 7.41. The van der Waals surface area contributed by atoms with Gasteiger partial charge in [0.2, 0.25) is 5.88 Å². The van der Waals surface area contributed by atoms with E-state index in [0.717, 1.165) is 10.8 Å². The molecule has 0 fully saturated rings. The standard InChI is InChI=1S/C9H13NOS/c1-3-7-12-9-6-4-5-8(10-9)11-2/h4-6H,3,7H2,1-2H3. The van der Waals surface area contributed by atoms with Crippen molar-refractivity contribution in [3.05, 3.63) is 18.2 Å². The summed E-state index contributed by atoms with van der Waals surface area (Å²) in [5.41, 5.74) is 0. The minimum absolute atomic E-state index is 0.691. The van der Waals surface area contributed by atoms with Gasteiger partial charge in [-0.1, -0.05) is 13.0 Å². The van der Waals surface area contributed by atoms with Crippen LogP contribution in [0.4, 0.5) is 0 Å². The van der Waals surface area contributed by atoms with Crippen LogP contribution >= 0.6 is 11.8 Å². The van der Waals surface area contributed by atoms with Gasteiger partial charge in [0.05, 0.1) is 7.11 Å². The van der Waals surface area contributed by atoms with Gasteiger partial charge in [-0.25, -0.2) is 4.98 Å². The Bertz CT molecular complexity index is 240. The highest BCUT2D eigenvalue weighted by Gasteiger charge is 1.96. The summed E-state index contributed by atoms with van der Waals surface area (Å²) >= 11 is 1.76. The van der Waals surface area contributed by atoms with Gasteiger partial charge in [0, 0.05) is 6.07 Å². The predicted molar refractivity (Wildman–Crippen MR) is 51.8 cm³/mol. The van der Waals surface area contributed by atoms with Crippen molar-refractivity contribution in [1.29, 1.82) is 0 Å². The fourth-order valence-electron chi connectivity index (χ4n) is 0.797. The molecule has 1 aromatic rings. The summed E-state index contributed by atoms with van der Waals surface area (Å²) in [6.45, 7) is 2.16. The number of pyridine rings is 1. The van der Waals surface area contributed by atoms with Crippen LogP contribution in [0.25, 0.3) is 0 Å². The Hall–Kier alpha value is -0.700. The van der Waals surface area contributed by atoms with Crippen LogP contribution in [0.1, 0.15) is 13.3 Å². The molecule has 0 N–H and O–H groups in total. The Kier molecular flexibility index (Phi) is 3.94. The maximum atomic E-state index is 5.01. The summed E-state index contributed by atoms with van der Waals surface area (Å²) in [4.78, 5) is 4.27. The molecule has 0 saturated carbocycles. The third-order valence-electron chi connectivity index (χ3n) is 1.36. The second kappa shape index (κ2) is 5.04. The molecule has 0 aliphatic carbocycles. The van der Waals surface area contributed by atoms with E-state index in [-0.39, 0.29) is 0 Å². The Morgan fingerprint density at radius 2 is 2.33 bits per heavy atom. The Morgan fingerprint density at radius 1 is 1.50 bits per heavy atom. The SMILES string of the molecule is CCCSc1cccc(OC)n1. The number of rotatable bonds is 4. The normalized spacial score (nSPS) is 9.83. The van der Waals surface area contributed by atoms with E-state index in [2.05, 4.69) is 11.9 Å². The van der Waals surface area contributed by atoms with Crippen LogP contribution < -0.4 is 4.74 Å². The van der Waals surface area contributed by atoms with Crippen molar-refractivity contribution in [1.82, 2.24) is 4.98 Å². The lowest BCUT2D eigenvalue weighted by atomic mass is 10.5. The fraction of sp³-hybridized carbons (Fsp3) is 0.444. The van der Waals surface area contributed by atoms with Crippen LogP contribution in [0.15, 0.2) is 23.2 Å². The average molecular weight is 183 g/mol. The van der Waals surface area contributed by atoms with Crippen molar-refractivity contribution in [2.45, 2.75) is 18.4 Å². The average Bonchev–Trinajstić information content (AvgIpc) is 2.15. The van der Waals surface area contributed by atoms with Crippen molar-refractivity contribution in [2.75, 3.05) is 12.9 Å². The fourth-order valence-corrected chi connectivity index (χ4v) is 1.54. The summed E-state index contributed by atoms with van der Waals surface area (Å²) in [5.74, 6) is 1.80. The molecule has 1 aromatic heterocycles. The van der Waals surface area contributed by atoms with Crippen LogP contribution in [0.5, 0.6) is 5.88 Å². The Labute approximate surface area is 77.3 Å². The topological polar surface area (TPSA) is 22.1 Å². The Balaban J connectivity index is 2.60. The zero-order valence-corrected chi connectivity index (χ0v) is 8.23. The number of methoxy groups -OCH3 is 1. The molecule has 66 valence electrons. The van der Waals surface area contributed by atoms with Gasteiger partial charge in [0.1, 0.15) is 5.03 Å². The number of hydrogen-bond donors (Lipinski definition) is 0. The molecular weight excluding hydrogens is 170 g/mol. The molecule has 0 saturated heterocycles. The monoisotopic (exact) mass is 183 g/mol. The van der Waals surface area contributed by atoms with Gasteiger partial charge in [-0.2, -0.15) is 0 Å². The summed E-state index contributed by atoms with van der Waals surface area (Å²) < 4.78 is 5.01. The summed E-state index contributed by atoms with van der Waals surface area (Å²) in [5, 5.41) is 1.04. The lowest BCUT2D eigenvalue weighted by molar-refractivity contribution is 0.394. The zero-order chi connectivity index (χ0) is 8.81. The van der Waals surface area contributed by atoms with Crippen LogP contribution in [-0.2, 0) is 0 Å². The van der Waals surface area contributed by atoms with Gasteiger partial charge in [-0.3, -0.25) is 0 Å². The van der Waals surface area contributed by atoms with Gasteiger partial charge in [-0.05, 0) is 18.2 Å². The highest BCUT2D eigenvalue weighted by Crippen LogP contribution is 2.18. The Morgan fingerprint density at radius 3 is 3.00 bits per heavy atom. The third-order valence-corrected chi connectivity index (χ3v) is 2.50. The molecule has 0 radical (unpaired) electrons. The molecule has 0 amide bonds. The van der Waals surface area contributed by atoms with Crippen LogP contribution in [-0.4, -0.2) is 17.8 Å². The highest BCUT2D eigenvalue weighted by molar-refractivity contribution is 7.99. The molecule has 0 bridgehead atoms. The van der Waals surface area contributed by atoms with Crippen LogP contribution in [0.3, 0.4) is 0 Å². The van der Waals surface area contributed by atoms with Gasteiger partial charge in [-0.15, -0.1) is 11.8 Å². The van der Waals surface area contributed by atoms with Crippen molar-refractivity contribution >= 4 is 11.8 Å². The van der Waals surface area contributed by atoms with E-state index >= 15 is 0 Å². The molecular formula is C9H13NOS. The maximum Gasteiger partial charge on any atom is 0.213 e. The van der Waals surface area contributed by atoms with Crippen LogP contribution in [0, 0.1) is 0 Å². The summed E-state index contributed by atoms with van der Waals surface area (Å²) in [6, 6.07) is 5.82. The first-order valence-electron chi connectivity index (χ1n) is 4.00. The molecule has 0 aliphatic rings. The second-order valence-corrected chi connectivity index (χ2v) is 3.48. The first-order valence-corrected chi connectivity index (χ1v) is 4.99. The van der Waals surface area contributed by atoms with Gasteiger partial charge in [0.25, 0.3) is 0 Å². The van der Waals surface area contributed by atoms with E-state index in [1.165, 1.54) is 6.42 Å². The lowest BCUT2D eigenvalue weighted by Gasteiger charge is -2.01. The number of ether oxygens (including phenoxy) is 1. The summed E-state index contributed by atoms with van der Waals surface area (Å²) in [7, 11) is 1.64. The van der Waals surface area contributed by atoms with E-state index < -0.39 is 0 Å². The number of nitrogens with zero attached hydrogens (tertiary/aromatic N) is 1. The smallest absolute Gasteiger partial charge is 0.213 e. The van der Waals surface area contributed by atoms with E-state index in [4.69, 9.17) is 4.74 Å². The lowest BCUT2D eigenvalue weighted by Crippen LogP contribution is -1.88. The molecule has 0 aromatic carbocycles. The largest absolute Gasteiger partial charge is 0.481 e. The van der Waals surface area contributed by atoms with Gasteiger partial charge < -0.3 is 4.74 Å². The first-order chi connectivity index (χ1) is 5.86. The van der Waals surface area contributed by atoms with Gasteiger partial charge in [0.15, 0.2) is 0 Å². The third kappa shape index (κ3) is 2.74. The number of hydrogen-bond acceptors (Lipinski definition) is 3. The second-order valence-electron chi connectivity index (χ2n) is 2.37. The van der Waals surface area contributed by atoms with E-state index in [1.54, 1.807) is 18.9 Å². The minimum atomic E-state index is 0.691. The predicted octanol–water partition coefficient (Wildman–Crippen LogP) is 2.59. The molecule has 0 spiro atoms. The molecule has 0 unspecified atom stereocenters. The number of thioether (sulfide) groups is 1. The number of aromatic nitrogens is 1. The van der Waals surface area contributed by atoms with E-state index in [0.29, 0.717) is 5.88 Å². The van der Waals surface area contributed by atoms with Crippen molar-refractivity contribution in [3.63, 3.8) is 0 Å². The molecule has 1 heterocycles. The van der Waals surface area contributed by atoms with Crippen molar-refractivity contribution < 1.29 is 4.74 Å². The molecule has 1 rings (SSSR count). The quantitative estimate of drug-likeness (QED) is 0.670. The highest BCUT2D eigenvalue weighted by atomic mass is 32.2. The maximum absolute atomic E-state index is 5.01. The molecule has 3 heteroatoms. The van der Waals surface area contributed by atoms with Gasteiger partial charge >= 0.3 is 0 Å². The molecule has 0 aliphatic heterocycles. The van der Waals surface area contributed by atoms with Crippen molar-refractivity contribution in [2.24, 2.45) is 0 Å². The van der Waals surface area contributed by atoms with Crippen LogP contribution in [0.2, 0.25) is 0 Å². The summed E-state index contributed by atoms with van der Waals surface area (Å²) in [6.07, 6.45) is 1.17. The first kappa shape index (κ1) is 9.39. The van der Waals surface area contributed by atoms with E-state index in [1.807, 2.05) is 18.2 Å². The van der Waals surface area contributed by atoms with E-state index in [9.17, 15) is 0 Å². The molecule has 12 heavy (non-hydrogen) atoms. The minimum Gasteiger partial charge on any atom is -0.481 e.